The van der Waals surface area contributed by atoms with Gasteiger partial charge in [-0.15, -0.1) is 0 Å². The number of nitrogens with one attached hydrogen (secondary N) is 1. The lowest BCUT2D eigenvalue weighted by Crippen LogP contribution is -2.33. The van der Waals surface area contributed by atoms with E-state index in [4.69, 9.17) is 14.2 Å². The van der Waals surface area contributed by atoms with Crippen LogP contribution in [0, 0.1) is 6.92 Å². The highest BCUT2D eigenvalue weighted by atomic mass is 16.5. The minimum atomic E-state index is -0.247. The summed E-state index contributed by atoms with van der Waals surface area (Å²) in [4.78, 5) is 11.9. The van der Waals surface area contributed by atoms with Crippen LogP contribution in [0.15, 0.2) is 48.5 Å². The number of benzene rings is 2. The fourth-order valence-electron chi connectivity index (χ4n) is 2.22. The van der Waals surface area contributed by atoms with Crippen LogP contribution in [0.3, 0.4) is 0 Å². The number of amides is 1. The summed E-state index contributed by atoms with van der Waals surface area (Å²) in [5.41, 5.74) is 2.09. The van der Waals surface area contributed by atoms with Crippen LogP contribution in [0.4, 0.5) is 0 Å². The highest BCUT2D eigenvalue weighted by molar-refractivity contribution is 5.77. The predicted octanol–water partition coefficient (Wildman–Crippen LogP) is 2.89. The van der Waals surface area contributed by atoms with E-state index >= 15 is 0 Å². The Morgan fingerprint density at radius 2 is 1.83 bits per heavy atom. The summed E-state index contributed by atoms with van der Waals surface area (Å²) in [5.74, 6) is 1.23. The first kappa shape index (κ1) is 17.8. The van der Waals surface area contributed by atoms with Gasteiger partial charge in [-0.3, -0.25) is 4.79 Å². The minimum Gasteiger partial charge on any atom is -0.497 e. The molecular formula is C19H23NO4. The number of rotatable bonds is 8. The summed E-state index contributed by atoms with van der Waals surface area (Å²) in [7, 11) is 3.23. The fraction of sp³-hybridized carbons (Fsp3) is 0.316. The Balaban J connectivity index is 1.83. The number of ether oxygens (including phenoxy) is 3. The third-order valence-corrected chi connectivity index (χ3v) is 3.63. The van der Waals surface area contributed by atoms with Crippen LogP contribution in [0.5, 0.6) is 11.5 Å². The summed E-state index contributed by atoms with van der Waals surface area (Å²) >= 11 is 0. The van der Waals surface area contributed by atoms with E-state index in [2.05, 4.69) is 5.32 Å². The van der Waals surface area contributed by atoms with Gasteiger partial charge in [-0.2, -0.15) is 0 Å². The quantitative estimate of drug-likeness (QED) is 0.809. The van der Waals surface area contributed by atoms with Crippen LogP contribution in [0.2, 0.25) is 0 Å². The number of carbonyl (C=O) groups is 1. The molecule has 0 saturated heterocycles. The van der Waals surface area contributed by atoms with Crippen LogP contribution in [0.1, 0.15) is 17.2 Å². The molecule has 0 saturated carbocycles. The number of aryl methyl sites for hydroxylation is 1. The molecule has 1 amide bonds. The van der Waals surface area contributed by atoms with Gasteiger partial charge in [0, 0.05) is 13.7 Å². The highest BCUT2D eigenvalue weighted by Gasteiger charge is 2.13. The van der Waals surface area contributed by atoms with Gasteiger partial charge in [0.1, 0.15) is 11.5 Å². The Morgan fingerprint density at radius 1 is 1.08 bits per heavy atom. The van der Waals surface area contributed by atoms with Crippen molar-refractivity contribution in [3.8, 4) is 11.5 Å². The molecule has 0 aliphatic rings. The van der Waals surface area contributed by atoms with Crippen LogP contribution < -0.4 is 14.8 Å². The van der Waals surface area contributed by atoms with Gasteiger partial charge in [0.05, 0.1) is 13.2 Å². The van der Waals surface area contributed by atoms with Gasteiger partial charge in [-0.25, -0.2) is 0 Å². The van der Waals surface area contributed by atoms with E-state index in [0.717, 1.165) is 16.9 Å². The summed E-state index contributed by atoms with van der Waals surface area (Å²) in [6.45, 7) is 2.33. The molecule has 0 radical (unpaired) electrons. The van der Waals surface area contributed by atoms with Crippen molar-refractivity contribution < 1.29 is 19.0 Å². The van der Waals surface area contributed by atoms with Gasteiger partial charge in [-0.05, 0) is 36.8 Å². The predicted molar refractivity (Wildman–Crippen MR) is 92.4 cm³/mol. The first-order chi connectivity index (χ1) is 11.6. The minimum absolute atomic E-state index is 0.0302. The van der Waals surface area contributed by atoms with Crippen molar-refractivity contribution in [2.45, 2.75) is 13.0 Å². The number of hydrogen-bond acceptors (Lipinski definition) is 4. The molecule has 2 aromatic rings. The summed E-state index contributed by atoms with van der Waals surface area (Å²) in [6.07, 6.45) is -0.247. The van der Waals surface area contributed by atoms with Crippen LogP contribution in [-0.4, -0.2) is 33.3 Å². The third-order valence-electron chi connectivity index (χ3n) is 3.63. The molecule has 1 N–H and O–H groups in total. The zero-order chi connectivity index (χ0) is 17.4. The lowest BCUT2D eigenvalue weighted by Gasteiger charge is -2.17. The van der Waals surface area contributed by atoms with Crippen molar-refractivity contribution >= 4 is 5.91 Å². The van der Waals surface area contributed by atoms with Crippen molar-refractivity contribution in [3.63, 3.8) is 0 Å². The average Bonchev–Trinajstić information content (AvgIpc) is 2.62. The molecule has 0 spiro atoms. The second kappa shape index (κ2) is 8.93. The average molecular weight is 329 g/mol. The van der Waals surface area contributed by atoms with E-state index in [9.17, 15) is 4.79 Å². The van der Waals surface area contributed by atoms with Gasteiger partial charge in [-0.1, -0.05) is 29.8 Å². The van der Waals surface area contributed by atoms with Gasteiger partial charge in [0.2, 0.25) is 0 Å². The topological polar surface area (TPSA) is 56.8 Å². The maximum absolute atomic E-state index is 11.9. The molecule has 0 aliphatic heterocycles. The highest BCUT2D eigenvalue weighted by Crippen LogP contribution is 2.21. The normalized spacial score (nSPS) is 11.6. The second-order valence-electron chi connectivity index (χ2n) is 5.41. The van der Waals surface area contributed by atoms with Gasteiger partial charge in [0.25, 0.3) is 5.91 Å². The standard InChI is InChI=1S/C19H23NO4/c1-14-7-9-16(10-8-14)24-13-19(21)20-12-18(23-3)15-5-4-6-17(11-15)22-2/h4-11,18H,12-13H2,1-3H3,(H,20,21). The van der Waals surface area contributed by atoms with Crippen molar-refractivity contribution in [1.29, 1.82) is 0 Å². The maximum atomic E-state index is 11.9. The molecule has 0 bridgehead atoms. The van der Waals surface area contributed by atoms with Crippen molar-refractivity contribution in [1.82, 2.24) is 5.32 Å². The summed E-state index contributed by atoms with van der Waals surface area (Å²) < 4.78 is 16.1. The van der Waals surface area contributed by atoms with Crippen molar-refractivity contribution in [2.24, 2.45) is 0 Å². The van der Waals surface area contributed by atoms with Crippen LogP contribution >= 0.6 is 0 Å². The molecule has 128 valence electrons. The molecule has 5 heteroatoms. The number of hydrogen-bond donors (Lipinski definition) is 1. The first-order valence-electron chi connectivity index (χ1n) is 7.75. The second-order valence-corrected chi connectivity index (χ2v) is 5.41. The van der Waals surface area contributed by atoms with E-state index in [-0.39, 0.29) is 18.6 Å². The van der Waals surface area contributed by atoms with E-state index < -0.39 is 0 Å². The van der Waals surface area contributed by atoms with E-state index in [1.54, 1.807) is 14.2 Å². The first-order valence-corrected chi connectivity index (χ1v) is 7.75. The zero-order valence-electron chi connectivity index (χ0n) is 14.2. The summed E-state index contributed by atoms with van der Waals surface area (Å²) in [5, 5.41) is 2.82. The molecule has 0 heterocycles. The fourth-order valence-corrected chi connectivity index (χ4v) is 2.22. The Labute approximate surface area is 142 Å². The molecule has 0 fully saturated rings. The number of carbonyl (C=O) groups excluding carboxylic acids is 1. The monoisotopic (exact) mass is 329 g/mol. The Hall–Kier alpha value is -2.53. The molecule has 1 unspecified atom stereocenters. The SMILES string of the molecule is COc1cccc(C(CNC(=O)COc2ccc(C)cc2)OC)c1. The van der Waals surface area contributed by atoms with Crippen LogP contribution in [-0.2, 0) is 9.53 Å². The Bertz CT molecular complexity index is 655. The molecule has 2 rings (SSSR count). The zero-order valence-corrected chi connectivity index (χ0v) is 14.2. The van der Waals surface area contributed by atoms with Crippen LogP contribution in [0.25, 0.3) is 0 Å². The van der Waals surface area contributed by atoms with Gasteiger partial charge < -0.3 is 19.5 Å². The molecule has 0 aliphatic carbocycles. The smallest absolute Gasteiger partial charge is 0.258 e. The lowest BCUT2D eigenvalue weighted by molar-refractivity contribution is -0.123. The van der Waals surface area contributed by atoms with Gasteiger partial charge in [0.15, 0.2) is 6.61 Å². The lowest BCUT2D eigenvalue weighted by atomic mass is 10.1. The van der Waals surface area contributed by atoms with Crippen molar-refractivity contribution in [3.05, 3.63) is 59.7 Å². The largest absolute Gasteiger partial charge is 0.497 e. The molecule has 2 aromatic carbocycles. The van der Waals surface area contributed by atoms with Gasteiger partial charge >= 0.3 is 0 Å². The van der Waals surface area contributed by atoms with E-state index in [1.807, 2.05) is 55.5 Å². The van der Waals surface area contributed by atoms with E-state index in [1.165, 1.54) is 0 Å². The molecular weight excluding hydrogens is 306 g/mol. The molecule has 0 aromatic heterocycles. The molecule has 5 nitrogen and oxygen atoms in total. The Kier molecular flexibility index (Phi) is 6.63. The van der Waals surface area contributed by atoms with Crippen molar-refractivity contribution in [2.75, 3.05) is 27.4 Å². The number of methoxy groups -OCH3 is 2. The maximum Gasteiger partial charge on any atom is 0.258 e. The molecule has 24 heavy (non-hydrogen) atoms. The summed E-state index contributed by atoms with van der Waals surface area (Å²) in [6, 6.07) is 15.2. The van der Waals surface area contributed by atoms with E-state index in [0.29, 0.717) is 12.3 Å². The third kappa shape index (κ3) is 5.28. The Morgan fingerprint density at radius 3 is 2.50 bits per heavy atom. The molecule has 1 atom stereocenters.